The second kappa shape index (κ2) is 5.27. The van der Waals surface area contributed by atoms with Crippen LogP contribution in [-0.2, 0) is 14.8 Å². The van der Waals surface area contributed by atoms with E-state index in [0.29, 0.717) is 0 Å². The second-order valence-corrected chi connectivity index (χ2v) is 5.46. The molecule has 10 nitrogen and oxygen atoms in total. The van der Waals surface area contributed by atoms with E-state index in [1.54, 1.807) is 6.92 Å². The number of carbonyl (C=O) groups excluding carboxylic acids is 1. The molecule has 0 aliphatic heterocycles. The molecule has 0 unspecified atom stereocenters. The summed E-state index contributed by atoms with van der Waals surface area (Å²) in [6.07, 6.45) is 1.07. The Morgan fingerprint density at radius 2 is 2.37 bits per heavy atom. The third-order valence-corrected chi connectivity index (χ3v) is 3.84. The number of nitrogens with zero attached hydrogens (tertiary/aromatic N) is 4. The molecule has 0 bridgehead atoms. The Bertz CT molecular complexity index is 664. The molecule has 0 fully saturated rings. The summed E-state index contributed by atoms with van der Waals surface area (Å²) in [5.74, 6) is -0.785. The highest BCUT2D eigenvalue weighted by Gasteiger charge is 2.26. The monoisotopic (exact) mass is 304 g/mol. The number of aromatic amines is 1. The van der Waals surface area contributed by atoms with Gasteiger partial charge in [0, 0.05) is 11.5 Å². The summed E-state index contributed by atoms with van der Waals surface area (Å²) in [6, 6.07) is 0. The Morgan fingerprint density at radius 3 is 3.00 bits per heavy atom. The van der Waals surface area contributed by atoms with Crippen LogP contribution >= 0.6 is 11.5 Å². The van der Waals surface area contributed by atoms with Crippen molar-refractivity contribution >= 4 is 32.7 Å². The van der Waals surface area contributed by atoms with Crippen molar-refractivity contribution in [3.8, 4) is 0 Å². The molecule has 102 valence electrons. The molecule has 2 aromatic rings. The number of hydrogen-bond donors (Lipinski definition) is 2. The number of aromatic nitrogens is 5. The molecule has 0 saturated carbocycles. The van der Waals surface area contributed by atoms with Crippen molar-refractivity contribution in [3.63, 3.8) is 0 Å². The maximum absolute atomic E-state index is 12.0. The maximum atomic E-state index is 12.0. The summed E-state index contributed by atoms with van der Waals surface area (Å²) >= 11 is 0.759. The van der Waals surface area contributed by atoms with Gasteiger partial charge in [0.15, 0.2) is 5.03 Å². The number of carbonyl (C=O) groups is 1. The highest BCUT2D eigenvalue weighted by molar-refractivity contribution is 7.92. The van der Waals surface area contributed by atoms with Crippen LogP contribution in [0.1, 0.15) is 17.3 Å². The van der Waals surface area contributed by atoms with Crippen LogP contribution in [-0.4, -0.2) is 46.0 Å². The standard InChI is InChI=1S/C7H8N6O4S2/c1-2-17-6(14)4-3-8-9-5(4)19(15,16)11-7-10-12-13-18-7/h3H,2H2,1H3,(H,8,9)(H,10,11,13). The average Bonchev–Trinajstić information content (AvgIpc) is 2.98. The summed E-state index contributed by atoms with van der Waals surface area (Å²) in [7, 11) is -4.03. The Labute approximate surface area is 111 Å². The molecule has 0 aliphatic carbocycles. The highest BCUT2D eigenvalue weighted by atomic mass is 32.2. The zero-order chi connectivity index (χ0) is 13.9. The average molecular weight is 304 g/mol. The number of ether oxygens (including phenoxy) is 1. The van der Waals surface area contributed by atoms with Gasteiger partial charge in [-0.15, -0.1) is 0 Å². The van der Waals surface area contributed by atoms with Gasteiger partial charge in [-0.1, -0.05) is 9.59 Å². The van der Waals surface area contributed by atoms with E-state index >= 15 is 0 Å². The first-order valence-electron chi connectivity index (χ1n) is 4.93. The van der Waals surface area contributed by atoms with E-state index in [1.807, 2.05) is 0 Å². The van der Waals surface area contributed by atoms with Crippen LogP contribution in [0.2, 0.25) is 0 Å². The molecule has 0 saturated heterocycles. The third-order valence-electron chi connectivity index (χ3n) is 1.89. The molecule has 2 aromatic heterocycles. The van der Waals surface area contributed by atoms with Gasteiger partial charge in [-0.2, -0.15) is 13.5 Å². The normalized spacial score (nSPS) is 11.2. The van der Waals surface area contributed by atoms with E-state index in [4.69, 9.17) is 4.74 Å². The number of sulfonamides is 1. The fourth-order valence-electron chi connectivity index (χ4n) is 1.17. The van der Waals surface area contributed by atoms with E-state index in [-0.39, 0.29) is 17.3 Å². The van der Waals surface area contributed by atoms with Crippen molar-refractivity contribution in [1.82, 2.24) is 25.0 Å². The van der Waals surface area contributed by atoms with Crippen LogP contribution in [0, 0.1) is 0 Å². The van der Waals surface area contributed by atoms with Crippen LogP contribution in [0.5, 0.6) is 0 Å². The molecule has 12 heteroatoms. The van der Waals surface area contributed by atoms with Gasteiger partial charge < -0.3 is 4.74 Å². The lowest BCUT2D eigenvalue weighted by molar-refractivity contribution is 0.0522. The molecule has 2 heterocycles. The molecule has 2 N–H and O–H groups in total. The molecule has 19 heavy (non-hydrogen) atoms. The zero-order valence-electron chi connectivity index (χ0n) is 9.52. The summed E-state index contributed by atoms with van der Waals surface area (Å²) in [4.78, 5) is 11.6. The molecular weight excluding hydrogens is 296 g/mol. The minimum absolute atomic E-state index is 0.0237. The van der Waals surface area contributed by atoms with Gasteiger partial charge in [0.2, 0.25) is 5.13 Å². The van der Waals surface area contributed by atoms with Crippen LogP contribution in [0.4, 0.5) is 5.13 Å². The Balaban J connectivity index is 2.31. The van der Waals surface area contributed by atoms with Gasteiger partial charge in [0.25, 0.3) is 10.0 Å². The van der Waals surface area contributed by atoms with Crippen molar-refractivity contribution < 1.29 is 17.9 Å². The molecule has 0 radical (unpaired) electrons. The van der Waals surface area contributed by atoms with Crippen molar-refractivity contribution in [3.05, 3.63) is 11.8 Å². The third kappa shape index (κ3) is 2.85. The number of hydrogen-bond acceptors (Lipinski definition) is 9. The van der Waals surface area contributed by atoms with E-state index in [9.17, 15) is 13.2 Å². The number of nitrogens with one attached hydrogen (secondary N) is 2. The van der Waals surface area contributed by atoms with Crippen molar-refractivity contribution in [2.24, 2.45) is 0 Å². The van der Waals surface area contributed by atoms with E-state index in [2.05, 4.69) is 29.7 Å². The lowest BCUT2D eigenvalue weighted by Gasteiger charge is -2.04. The van der Waals surface area contributed by atoms with E-state index < -0.39 is 21.0 Å². The molecule has 0 spiro atoms. The van der Waals surface area contributed by atoms with E-state index in [0.717, 1.165) is 17.7 Å². The minimum Gasteiger partial charge on any atom is -0.462 e. The molecular formula is C7H8N6O4S2. The van der Waals surface area contributed by atoms with Crippen LogP contribution < -0.4 is 4.72 Å². The highest BCUT2D eigenvalue weighted by Crippen LogP contribution is 2.17. The summed E-state index contributed by atoms with van der Waals surface area (Å²) < 4.78 is 34.3. The van der Waals surface area contributed by atoms with Crippen molar-refractivity contribution in [1.29, 1.82) is 0 Å². The number of H-pyrrole nitrogens is 1. The minimum atomic E-state index is -4.03. The van der Waals surface area contributed by atoms with Crippen LogP contribution in [0.15, 0.2) is 11.2 Å². The van der Waals surface area contributed by atoms with Crippen molar-refractivity contribution in [2.45, 2.75) is 11.9 Å². The Kier molecular flexibility index (Phi) is 3.71. The number of rotatable bonds is 5. The first-order chi connectivity index (χ1) is 9.04. The predicted molar refractivity (Wildman–Crippen MR) is 63.1 cm³/mol. The van der Waals surface area contributed by atoms with E-state index in [1.165, 1.54) is 0 Å². The second-order valence-electron chi connectivity index (χ2n) is 3.11. The fraction of sp³-hybridized carbons (Fsp3) is 0.286. The predicted octanol–water partition coefficient (Wildman–Crippen LogP) is -0.366. The molecule has 2 rings (SSSR count). The summed E-state index contributed by atoms with van der Waals surface area (Å²) in [5.41, 5.74) is -0.188. The van der Waals surface area contributed by atoms with Crippen LogP contribution in [0.25, 0.3) is 0 Å². The molecule has 0 amide bonds. The lowest BCUT2D eigenvalue weighted by atomic mass is 10.4. The van der Waals surface area contributed by atoms with Gasteiger partial charge in [-0.3, -0.25) is 9.82 Å². The van der Waals surface area contributed by atoms with Crippen LogP contribution in [0.3, 0.4) is 0 Å². The Hall–Kier alpha value is -2.08. The Morgan fingerprint density at radius 1 is 1.58 bits per heavy atom. The lowest BCUT2D eigenvalue weighted by Crippen LogP contribution is -2.17. The smallest absolute Gasteiger partial charge is 0.342 e. The topological polar surface area (TPSA) is 140 Å². The molecule has 0 atom stereocenters. The molecule has 0 aliphatic rings. The fourth-order valence-corrected chi connectivity index (χ4v) is 2.85. The SMILES string of the molecule is CCOC(=O)c1cn[nH]c1S(=O)(=O)Nc1nnns1. The van der Waals surface area contributed by atoms with Gasteiger partial charge in [0.1, 0.15) is 5.56 Å². The first kappa shape index (κ1) is 13.4. The number of esters is 1. The summed E-state index contributed by atoms with van der Waals surface area (Å²) in [5, 5.41) is 12.0. The van der Waals surface area contributed by atoms with Gasteiger partial charge in [-0.05, 0) is 12.1 Å². The molecule has 0 aromatic carbocycles. The largest absolute Gasteiger partial charge is 0.462 e. The van der Waals surface area contributed by atoms with Gasteiger partial charge in [0.05, 0.1) is 12.8 Å². The van der Waals surface area contributed by atoms with Gasteiger partial charge in [-0.25, -0.2) is 4.79 Å². The number of anilines is 1. The van der Waals surface area contributed by atoms with Crippen molar-refractivity contribution in [2.75, 3.05) is 11.3 Å². The summed E-state index contributed by atoms with van der Waals surface area (Å²) in [6.45, 7) is 1.73. The maximum Gasteiger partial charge on any atom is 0.342 e. The van der Waals surface area contributed by atoms with Gasteiger partial charge >= 0.3 is 5.97 Å². The zero-order valence-corrected chi connectivity index (χ0v) is 11.2. The first-order valence-corrected chi connectivity index (χ1v) is 7.18. The quantitative estimate of drug-likeness (QED) is 0.713.